The van der Waals surface area contributed by atoms with Crippen LogP contribution >= 0.6 is 0 Å². The zero-order valence-electron chi connectivity index (χ0n) is 18.7. The molecular weight excluding hydrogens is 380 g/mol. The molecule has 2 aromatic rings. The van der Waals surface area contributed by atoms with Crippen molar-refractivity contribution in [1.82, 2.24) is 35.1 Å². The van der Waals surface area contributed by atoms with Gasteiger partial charge in [-0.25, -0.2) is 9.97 Å². The fraction of sp³-hybridized carbons (Fsp3) is 0.762. The van der Waals surface area contributed by atoms with Gasteiger partial charge in [-0.2, -0.15) is 4.68 Å². The van der Waals surface area contributed by atoms with Crippen LogP contribution in [0, 0.1) is 0 Å². The molecule has 3 heterocycles. The second kappa shape index (κ2) is 8.83. The van der Waals surface area contributed by atoms with Gasteiger partial charge in [0.15, 0.2) is 0 Å². The fourth-order valence-corrected chi connectivity index (χ4v) is 3.86. The number of ether oxygens (including phenoxy) is 1. The number of hydrogen-bond acceptors (Lipinski definition) is 8. The molecule has 0 radical (unpaired) electrons. The van der Waals surface area contributed by atoms with E-state index in [0.717, 1.165) is 50.8 Å². The van der Waals surface area contributed by atoms with E-state index >= 15 is 0 Å². The van der Waals surface area contributed by atoms with E-state index < -0.39 is 0 Å². The van der Waals surface area contributed by atoms with Crippen LogP contribution in [0.5, 0.6) is 6.01 Å². The Morgan fingerprint density at radius 1 is 1.10 bits per heavy atom. The van der Waals surface area contributed by atoms with Crippen LogP contribution in [0.15, 0.2) is 6.07 Å². The maximum atomic E-state index is 5.63. The number of anilines is 1. The molecule has 1 saturated carbocycles. The second-order valence-electron chi connectivity index (χ2n) is 9.47. The highest BCUT2D eigenvalue weighted by atomic mass is 16.5. The highest BCUT2D eigenvalue weighted by molar-refractivity contribution is 5.42. The van der Waals surface area contributed by atoms with Gasteiger partial charge in [-0.1, -0.05) is 32.3 Å². The summed E-state index contributed by atoms with van der Waals surface area (Å²) in [7, 11) is 1.78. The predicted octanol–water partition coefficient (Wildman–Crippen LogP) is 2.16. The van der Waals surface area contributed by atoms with Crippen LogP contribution in [-0.2, 0) is 12.5 Å². The molecule has 0 N–H and O–H groups in total. The molecule has 0 unspecified atom stereocenters. The van der Waals surface area contributed by atoms with Crippen molar-refractivity contribution in [2.45, 2.75) is 57.8 Å². The number of tetrazole rings is 1. The summed E-state index contributed by atoms with van der Waals surface area (Å²) in [6.45, 7) is 12.3. The molecule has 1 saturated heterocycles. The summed E-state index contributed by atoms with van der Waals surface area (Å²) < 4.78 is 7.17. The zero-order chi connectivity index (χ0) is 21.1. The summed E-state index contributed by atoms with van der Waals surface area (Å²) in [5.74, 6) is 2.70. The van der Waals surface area contributed by atoms with Gasteiger partial charge in [0.1, 0.15) is 11.6 Å². The Morgan fingerprint density at radius 2 is 1.87 bits per heavy atom. The number of piperazine rings is 1. The van der Waals surface area contributed by atoms with E-state index in [1.165, 1.54) is 25.0 Å². The van der Waals surface area contributed by atoms with Crippen LogP contribution in [0.1, 0.15) is 63.9 Å². The van der Waals surface area contributed by atoms with Gasteiger partial charge >= 0.3 is 6.01 Å². The Kier molecular flexibility index (Phi) is 6.17. The number of aromatic nitrogens is 6. The summed E-state index contributed by atoms with van der Waals surface area (Å²) in [5, 5.41) is 11.2. The van der Waals surface area contributed by atoms with E-state index in [1.54, 1.807) is 11.7 Å². The minimum atomic E-state index is -0.0332. The first-order chi connectivity index (χ1) is 14.4. The Bertz CT molecular complexity index is 834. The molecule has 2 fully saturated rings. The maximum Gasteiger partial charge on any atom is 0.335 e. The van der Waals surface area contributed by atoms with Crippen LogP contribution < -0.4 is 9.64 Å². The van der Waals surface area contributed by atoms with Crippen molar-refractivity contribution in [2.75, 3.05) is 44.2 Å². The smallest absolute Gasteiger partial charge is 0.335 e. The molecule has 1 aliphatic heterocycles. The van der Waals surface area contributed by atoms with Crippen molar-refractivity contribution in [3.8, 4) is 6.01 Å². The van der Waals surface area contributed by atoms with Crippen molar-refractivity contribution in [3.05, 3.63) is 17.6 Å². The third-order valence-corrected chi connectivity index (χ3v) is 6.05. The van der Waals surface area contributed by atoms with Crippen LogP contribution in [-0.4, -0.2) is 74.4 Å². The van der Waals surface area contributed by atoms with Gasteiger partial charge in [0.25, 0.3) is 0 Å². The lowest BCUT2D eigenvalue weighted by Gasteiger charge is -2.36. The first-order valence-electron chi connectivity index (χ1n) is 11.1. The fourth-order valence-electron chi connectivity index (χ4n) is 3.86. The summed E-state index contributed by atoms with van der Waals surface area (Å²) in [6.07, 6.45) is 4.81. The van der Waals surface area contributed by atoms with E-state index in [-0.39, 0.29) is 5.41 Å². The second-order valence-corrected chi connectivity index (χ2v) is 9.47. The first kappa shape index (κ1) is 21.0. The topological polar surface area (TPSA) is 85.1 Å². The molecule has 0 bridgehead atoms. The molecular formula is C21H34N8O. The normalized spacial score (nSPS) is 18.5. The van der Waals surface area contributed by atoms with Crippen LogP contribution in [0.4, 0.5) is 5.82 Å². The minimum absolute atomic E-state index is 0.0332. The van der Waals surface area contributed by atoms with Gasteiger partial charge in [-0.15, -0.1) is 0 Å². The molecule has 30 heavy (non-hydrogen) atoms. The average Bonchev–Trinajstić information content (AvgIpc) is 3.08. The minimum Gasteiger partial charge on any atom is -0.462 e. The highest BCUT2D eigenvalue weighted by Gasteiger charge is 2.27. The molecule has 0 amide bonds. The average molecular weight is 415 g/mol. The molecule has 0 atom stereocenters. The Morgan fingerprint density at radius 3 is 2.47 bits per heavy atom. The quantitative estimate of drug-likeness (QED) is 0.637. The van der Waals surface area contributed by atoms with Gasteiger partial charge in [0.05, 0.1) is 6.61 Å². The summed E-state index contributed by atoms with van der Waals surface area (Å²) >= 11 is 0. The third-order valence-electron chi connectivity index (χ3n) is 6.05. The van der Waals surface area contributed by atoms with Crippen LogP contribution in [0.25, 0.3) is 0 Å². The monoisotopic (exact) mass is 414 g/mol. The molecule has 0 aromatic carbocycles. The molecule has 2 aromatic heterocycles. The van der Waals surface area contributed by atoms with Crippen molar-refractivity contribution in [1.29, 1.82) is 0 Å². The SMILES string of the molecule is Cn1nnnc1OCCCN1CCN(c2cc(C3CCC3)nc(C(C)(C)C)n2)CC1. The van der Waals surface area contributed by atoms with Crippen molar-refractivity contribution in [3.63, 3.8) is 0 Å². The van der Waals surface area contributed by atoms with Gasteiger partial charge in [-0.05, 0) is 29.7 Å². The number of nitrogens with zero attached hydrogens (tertiary/aromatic N) is 8. The van der Waals surface area contributed by atoms with Gasteiger partial charge in [0.2, 0.25) is 0 Å². The molecule has 9 heteroatoms. The van der Waals surface area contributed by atoms with Crippen molar-refractivity contribution >= 4 is 5.82 Å². The largest absolute Gasteiger partial charge is 0.462 e. The van der Waals surface area contributed by atoms with E-state index in [1.807, 2.05) is 0 Å². The van der Waals surface area contributed by atoms with Gasteiger partial charge in [-0.3, -0.25) is 4.90 Å². The summed E-state index contributed by atoms with van der Waals surface area (Å²) in [4.78, 5) is 14.8. The van der Waals surface area contributed by atoms with Crippen molar-refractivity contribution in [2.24, 2.45) is 7.05 Å². The van der Waals surface area contributed by atoms with E-state index in [2.05, 4.69) is 52.2 Å². The standard InChI is InChI=1S/C21H34N8O/c1-21(2,3)19-22-17(16-7-5-8-16)15-18(23-19)29-12-10-28(11-13-29)9-6-14-30-20-24-25-26-27(20)4/h15-16H,5-14H2,1-4H3. The van der Waals surface area contributed by atoms with Gasteiger partial charge < -0.3 is 9.64 Å². The molecule has 164 valence electrons. The third kappa shape index (κ3) is 4.88. The number of aryl methyl sites for hydroxylation is 1. The maximum absolute atomic E-state index is 5.63. The number of hydrogen-bond donors (Lipinski definition) is 0. The van der Waals surface area contributed by atoms with Crippen molar-refractivity contribution < 1.29 is 4.74 Å². The summed E-state index contributed by atoms with van der Waals surface area (Å²) in [5.41, 5.74) is 1.21. The molecule has 4 rings (SSSR count). The van der Waals surface area contributed by atoms with E-state index in [4.69, 9.17) is 14.7 Å². The predicted molar refractivity (Wildman–Crippen MR) is 115 cm³/mol. The molecule has 1 aliphatic carbocycles. The number of rotatable bonds is 7. The van der Waals surface area contributed by atoms with E-state index in [0.29, 0.717) is 18.5 Å². The zero-order valence-corrected chi connectivity index (χ0v) is 18.7. The Labute approximate surface area is 178 Å². The molecule has 9 nitrogen and oxygen atoms in total. The lowest BCUT2D eigenvalue weighted by atomic mass is 9.82. The lowest BCUT2D eigenvalue weighted by Crippen LogP contribution is -2.47. The van der Waals surface area contributed by atoms with Crippen LogP contribution in [0.3, 0.4) is 0 Å². The van der Waals surface area contributed by atoms with E-state index in [9.17, 15) is 0 Å². The Hall–Kier alpha value is -2.29. The molecule has 2 aliphatic rings. The first-order valence-corrected chi connectivity index (χ1v) is 11.1. The van der Waals surface area contributed by atoms with Crippen LogP contribution in [0.2, 0.25) is 0 Å². The lowest BCUT2D eigenvalue weighted by molar-refractivity contribution is 0.214. The molecule has 0 spiro atoms. The Balaban J connectivity index is 1.30. The van der Waals surface area contributed by atoms with Gasteiger partial charge in [0, 0.05) is 62.9 Å². The highest BCUT2D eigenvalue weighted by Crippen LogP contribution is 2.37. The summed E-state index contributed by atoms with van der Waals surface area (Å²) in [6, 6.07) is 2.72.